The number of methoxy groups -OCH3 is 1. The molecular formula is C21H20F2N2O5S2. The average molecular weight is 483 g/mol. The lowest BCUT2D eigenvalue weighted by molar-refractivity contribution is -0.0512. The molecule has 2 aromatic carbocycles. The van der Waals surface area contributed by atoms with Crippen molar-refractivity contribution in [1.29, 1.82) is 0 Å². The Labute approximate surface area is 188 Å². The maximum atomic E-state index is 12.9. The molecule has 170 valence electrons. The number of rotatable bonds is 9. The van der Waals surface area contributed by atoms with Crippen molar-refractivity contribution in [2.75, 3.05) is 18.9 Å². The van der Waals surface area contributed by atoms with Crippen LogP contribution >= 0.6 is 11.3 Å². The molecule has 1 N–H and O–H groups in total. The van der Waals surface area contributed by atoms with Crippen LogP contribution in [-0.4, -0.2) is 40.0 Å². The van der Waals surface area contributed by atoms with Gasteiger partial charge in [0.15, 0.2) is 11.5 Å². The van der Waals surface area contributed by atoms with Crippen molar-refractivity contribution in [3.63, 3.8) is 0 Å². The molecule has 32 heavy (non-hydrogen) atoms. The molecule has 0 radical (unpaired) electrons. The number of amides is 1. The van der Waals surface area contributed by atoms with Gasteiger partial charge in [-0.15, -0.1) is 11.3 Å². The van der Waals surface area contributed by atoms with Crippen molar-refractivity contribution in [3.8, 4) is 11.5 Å². The molecule has 1 amide bonds. The summed E-state index contributed by atoms with van der Waals surface area (Å²) >= 11 is 1.09. The Morgan fingerprint density at radius 3 is 2.56 bits per heavy atom. The average Bonchev–Trinajstić information content (AvgIpc) is 3.30. The minimum absolute atomic E-state index is 0.106. The lowest BCUT2D eigenvalue weighted by Crippen LogP contribution is -2.26. The zero-order chi connectivity index (χ0) is 23.3. The summed E-state index contributed by atoms with van der Waals surface area (Å²) in [6.45, 7) is -2.82. The maximum Gasteiger partial charge on any atom is 0.387 e. The van der Waals surface area contributed by atoms with Crippen LogP contribution in [0.3, 0.4) is 0 Å². The Kier molecular flexibility index (Phi) is 7.31. The van der Waals surface area contributed by atoms with E-state index in [2.05, 4.69) is 9.46 Å². The summed E-state index contributed by atoms with van der Waals surface area (Å²) in [7, 11) is -0.839. The second kappa shape index (κ2) is 9.96. The Balaban J connectivity index is 1.73. The Morgan fingerprint density at radius 1 is 1.12 bits per heavy atom. The lowest BCUT2D eigenvalue weighted by Gasteiger charge is -2.19. The second-order valence-corrected chi connectivity index (χ2v) is 9.50. The highest BCUT2D eigenvalue weighted by Crippen LogP contribution is 2.30. The minimum Gasteiger partial charge on any atom is -0.493 e. The zero-order valence-corrected chi connectivity index (χ0v) is 18.8. The molecule has 3 rings (SSSR count). The summed E-state index contributed by atoms with van der Waals surface area (Å²) in [5.41, 5.74) is 1.17. The molecule has 0 aliphatic heterocycles. The third kappa shape index (κ3) is 5.74. The number of benzene rings is 2. The molecule has 0 bridgehead atoms. The number of carbonyl (C=O) groups is 1. The molecule has 0 unspecified atom stereocenters. The molecule has 1 aromatic heterocycles. The molecule has 0 spiro atoms. The van der Waals surface area contributed by atoms with Gasteiger partial charge in [-0.2, -0.15) is 8.78 Å². The molecule has 0 fully saturated rings. The van der Waals surface area contributed by atoms with Crippen molar-refractivity contribution in [2.45, 2.75) is 17.4 Å². The Morgan fingerprint density at radius 2 is 1.91 bits per heavy atom. The molecule has 7 nitrogen and oxygen atoms in total. The highest BCUT2D eigenvalue weighted by Gasteiger charge is 2.18. The van der Waals surface area contributed by atoms with E-state index in [1.807, 2.05) is 0 Å². The number of halogens is 2. The highest BCUT2D eigenvalue weighted by atomic mass is 32.2. The van der Waals surface area contributed by atoms with E-state index >= 15 is 0 Å². The number of nitrogens with one attached hydrogen (secondary N) is 1. The van der Waals surface area contributed by atoms with Gasteiger partial charge in [-0.3, -0.25) is 9.52 Å². The molecule has 0 atom stereocenters. The predicted octanol–water partition coefficient (Wildman–Crippen LogP) is 4.43. The normalized spacial score (nSPS) is 11.3. The topological polar surface area (TPSA) is 84.9 Å². The van der Waals surface area contributed by atoms with Crippen LogP contribution in [0.25, 0.3) is 0 Å². The molecule has 0 aliphatic carbocycles. The summed E-state index contributed by atoms with van der Waals surface area (Å²) in [6, 6.07) is 13.7. The van der Waals surface area contributed by atoms with Crippen LogP contribution in [0.2, 0.25) is 0 Å². The fourth-order valence-electron chi connectivity index (χ4n) is 2.91. The molecule has 0 aliphatic rings. The lowest BCUT2D eigenvalue weighted by atomic mass is 10.1. The van der Waals surface area contributed by atoms with E-state index in [1.165, 1.54) is 36.3 Å². The van der Waals surface area contributed by atoms with Crippen LogP contribution < -0.4 is 14.2 Å². The van der Waals surface area contributed by atoms with E-state index in [1.54, 1.807) is 42.8 Å². The largest absolute Gasteiger partial charge is 0.493 e. The van der Waals surface area contributed by atoms with Crippen LogP contribution in [0.15, 0.2) is 64.2 Å². The molecule has 11 heteroatoms. The van der Waals surface area contributed by atoms with Crippen LogP contribution in [0.1, 0.15) is 15.9 Å². The molecule has 0 saturated carbocycles. The van der Waals surface area contributed by atoms with Crippen LogP contribution in [0.4, 0.5) is 14.5 Å². The minimum atomic E-state index is -3.74. The van der Waals surface area contributed by atoms with E-state index in [9.17, 15) is 22.0 Å². The van der Waals surface area contributed by atoms with Gasteiger partial charge in [0, 0.05) is 24.8 Å². The van der Waals surface area contributed by atoms with Crippen molar-refractivity contribution in [1.82, 2.24) is 4.90 Å². The third-order valence-corrected chi connectivity index (χ3v) is 7.11. The fraction of sp³-hybridized carbons (Fsp3) is 0.190. The van der Waals surface area contributed by atoms with Gasteiger partial charge in [-0.05, 0) is 47.3 Å². The monoisotopic (exact) mass is 482 g/mol. The predicted molar refractivity (Wildman–Crippen MR) is 117 cm³/mol. The van der Waals surface area contributed by atoms with Gasteiger partial charge in [0.25, 0.3) is 15.9 Å². The molecule has 1 heterocycles. The van der Waals surface area contributed by atoms with Gasteiger partial charge in [-0.25, -0.2) is 8.42 Å². The summed E-state index contributed by atoms with van der Waals surface area (Å²) in [5, 5.41) is 1.66. The smallest absolute Gasteiger partial charge is 0.387 e. The van der Waals surface area contributed by atoms with Crippen molar-refractivity contribution < 1.29 is 31.5 Å². The fourth-order valence-corrected chi connectivity index (χ4v) is 4.95. The van der Waals surface area contributed by atoms with E-state index in [0.29, 0.717) is 5.56 Å². The third-order valence-electron chi connectivity index (χ3n) is 4.33. The van der Waals surface area contributed by atoms with E-state index < -0.39 is 16.6 Å². The Hall–Kier alpha value is -3.18. The number of hydrogen-bond acceptors (Lipinski definition) is 6. The van der Waals surface area contributed by atoms with Crippen LogP contribution in [-0.2, 0) is 16.6 Å². The first kappa shape index (κ1) is 23.5. The summed E-state index contributed by atoms with van der Waals surface area (Å²) in [6.07, 6.45) is 0. The second-order valence-electron chi connectivity index (χ2n) is 6.64. The first-order chi connectivity index (χ1) is 15.2. The standard InChI is InChI=1S/C21H20F2N2O5S2/c1-25(13-14-8-9-17(30-21(22)23)18(11-14)29-2)20(26)15-5-3-6-16(12-15)24-32(27,28)19-7-4-10-31-19/h3-12,21,24H,13H2,1-2H3. The van der Waals surface area contributed by atoms with Gasteiger partial charge < -0.3 is 14.4 Å². The molecule has 3 aromatic rings. The number of thiophene rings is 1. The van der Waals surface area contributed by atoms with Gasteiger partial charge in [0.2, 0.25) is 0 Å². The van der Waals surface area contributed by atoms with Gasteiger partial charge in [0.1, 0.15) is 4.21 Å². The van der Waals surface area contributed by atoms with Crippen molar-refractivity contribution in [2.24, 2.45) is 0 Å². The summed E-state index contributed by atoms with van der Waals surface area (Å²) in [4.78, 5) is 14.3. The number of ether oxygens (including phenoxy) is 2. The quantitative estimate of drug-likeness (QED) is 0.488. The van der Waals surface area contributed by atoms with Crippen molar-refractivity contribution in [3.05, 3.63) is 71.1 Å². The van der Waals surface area contributed by atoms with Gasteiger partial charge >= 0.3 is 6.61 Å². The number of carbonyl (C=O) groups excluding carboxylic acids is 1. The van der Waals surface area contributed by atoms with E-state index in [4.69, 9.17) is 4.74 Å². The maximum absolute atomic E-state index is 12.9. The first-order valence-corrected chi connectivity index (χ1v) is 11.6. The summed E-state index contributed by atoms with van der Waals surface area (Å²) in [5.74, 6) is -0.339. The number of hydrogen-bond donors (Lipinski definition) is 1. The molecular weight excluding hydrogens is 462 g/mol. The SMILES string of the molecule is COc1cc(CN(C)C(=O)c2cccc(NS(=O)(=O)c3cccs3)c2)ccc1OC(F)F. The number of anilines is 1. The molecule has 0 saturated heterocycles. The van der Waals surface area contributed by atoms with Crippen LogP contribution in [0, 0.1) is 0 Å². The number of alkyl halides is 2. The Bertz CT molecular complexity index is 1180. The number of sulfonamides is 1. The summed E-state index contributed by atoms with van der Waals surface area (Å²) < 4.78 is 61.9. The van der Waals surface area contributed by atoms with Crippen LogP contribution in [0.5, 0.6) is 11.5 Å². The van der Waals surface area contributed by atoms with Gasteiger partial charge in [-0.1, -0.05) is 18.2 Å². The van der Waals surface area contributed by atoms with Gasteiger partial charge in [0.05, 0.1) is 7.11 Å². The van der Waals surface area contributed by atoms with Crippen molar-refractivity contribution >= 4 is 33.0 Å². The van der Waals surface area contributed by atoms with E-state index in [0.717, 1.165) is 11.3 Å². The number of nitrogens with zero attached hydrogens (tertiary/aromatic N) is 1. The van der Waals surface area contributed by atoms with E-state index in [-0.39, 0.29) is 39.4 Å². The highest BCUT2D eigenvalue weighted by molar-refractivity contribution is 7.94. The first-order valence-electron chi connectivity index (χ1n) is 9.23. The zero-order valence-electron chi connectivity index (χ0n) is 17.1.